The highest BCUT2D eigenvalue weighted by Gasteiger charge is 2.11. The van der Waals surface area contributed by atoms with Crippen LogP contribution in [-0.2, 0) is 0 Å². The second kappa shape index (κ2) is 6.81. The number of nitrogens with one attached hydrogen (secondary N) is 1. The van der Waals surface area contributed by atoms with Gasteiger partial charge in [-0.15, -0.1) is 0 Å². The van der Waals surface area contributed by atoms with Gasteiger partial charge in [0.25, 0.3) is 0 Å². The maximum Gasteiger partial charge on any atom is 0.0636 e. The van der Waals surface area contributed by atoms with Crippen LogP contribution in [0.4, 0.5) is 5.69 Å². The molecule has 5 heteroatoms. The van der Waals surface area contributed by atoms with Crippen molar-refractivity contribution >= 4 is 44.8 Å². The minimum Gasteiger partial charge on any atom is -0.377 e. The van der Waals surface area contributed by atoms with E-state index in [2.05, 4.69) is 21.2 Å². The minimum absolute atomic E-state index is 0.00217. The minimum atomic E-state index is 0.00217. The summed E-state index contributed by atoms with van der Waals surface area (Å²) in [5.41, 5.74) is 8.93. The second-order valence-corrected chi connectivity index (χ2v) is 6.24. The Balaban J connectivity index is 2.23. The summed E-state index contributed by atoms with van der Waals surface area (Å²) in [6, 6.07) is 11.7. The molecule has 2 aromatic carbocycles. The molecule has 0 fully saturated rings. The molecular formula is C15H15BrCl2N2. The molecule has 0 amide bonds. The van der Waals surface area contributed by atoms with Gasteiger partial charge in [-0.3, -0.25) is 0 Å². The Kier molecular flexibility index (Phi) is 5.33. The molecule has 0 bridgehead atoms. The maximum atomic E-state index is 6.14. The smallest absolute Gasteiger partial charge is 0.0636 e. The van der Waals surface area contributed by atoms with Crippen molar-refractivity contribution in [1.82, 2.24) is 0 Å². The average Bonchev–Trinajstić information content (AvgIpc) is 2.43. The number of benzene rings is 2. The number of anilines is 1. The van der Waals surface area contributed by atoms with Crippen molar-refractivity contribution in [2.75, 3.05) is 11.9 Å². The summed E-state index contributed by atoms with van der Waals surface area (Å²) >= 11 is 15.6. The zero-order valence-corrected chi connectivity index (χ0v) is 14.1. The lowest BCUT2D eigenvalue weighted by atomic mass is 10.1. The van der Waals surface area contributed by atoms with E-state index in [-0.39, 0.29) is 6.04 Å². The molecule has 0 aromatic heterocycles. The van der Waals surface area contributed by atoms with E-state index >= 15 is 0 Å². The van der Waals surface area contributed by atoms with Crippen LogP contribution in [-0.4, -0.2) is 6.54 Å². The van der Waals surface area contributed by atoms with Crippen LogP contribution in [0.15, 0.2) is 40.9 Å². The molecule has 106 valence electrons. The Morgan fingerprint density at radius 2 is 1.90 bits per heavy atom. The Bertz CT molecular complexity index is 617. The molecular weight excluding hydrogens is 359 g/mol. The Morgan fingerprint density at radius 3 is 2.50 bits per heavy atom. The molecule has 1 unspecified atom stereocenters. The molecule has 2 rings (SSSR count). The Hall–Kier alpha value is -0.740. The van der Waals surface area contributed by atoms with Gasteiger partial charge in [-0.25, -0.2) is 0 Å². The third-order valence-electron chi connectivity index (χ3n) is 3.09. The molecule has 0 heterocycles. The van der Waals surface area contributed by atoms with Crippen LogP contribution in [0.2, 0.25) is 10.0 Å². The lowest BCUT2D eigenvalue weighted by molar-refractivity contribution is 0.789. The fourth-order valence-corrected chi connectivity index (χ4v) is 2.59. The van der Waals surface area contributed by atoms with Gasteiger partial charge in [0.15, 0.2) is 0 Å². The Labute approximate surface area is 137 Å². The van der Waals surface area contributed by atoms with Crippen LogP contribution in [0.25, 0.3) is 0 Å². The summed E-state index contributed by atoms with van der Waals surface area (Å²) < 4.78 is 0.860. The molecule has 0 saturated heterocycles. The van der Waals surface area contributed by atoms with Crippen molar-refractivity contribution in [2.24, 2.45) is 5.73 Å². The van der Waals surface area contributed by atoms with E-state index in [0.29, 0.717) is 11.6 Å². The lowest BCUT2D eigenvalue weighted by Gasteiger charge is -2.19. The van der Waals surface area contributed by atoms with Crippen LogP contribution >= 0.6 is 39.1 Å². The molecule has 20 heavy (non-hydrogen) atoms. The molecule has 0 spiro atoms. The van der Waals surface area contributed by atoms with Gasteiger partial charge in [-0.2, -0.15) is 0 Å². The van der Waals surface area contributed by atoms with E-state index in [4.69, 9.17) is 28.9 Å². The number of hydrogen-bond acceptors (Lipinski definition) is 2. The van der Waals surface area contributed by atoms with Crippen LogP contribution in [0.1, 0.15) is 17.2 Å². The molecule has 1 atom stereocenters. The van der Waals surface area contributed by atoms with E-state index < -0.39 is 0 Å². The monoisotopic (exact) mass is 372 g/mol. The van der Waals surface area contributed by atoms with Crippen LogP contribution in [0, 0.1) is 6.92 Å². The fraction of sp³-hybridized carbons (Fsp3) is 0.200. The van der Waals surface area contributed by atoms with Gasteiger partial charge in [0, 0.05) is 21.7 Å². The van der Waals surface area contributed by atoms with Gasteiger partial charge in [-0.1, -0.05) is 35.3 Å². The number of rotatable bonds is 4. The van der Waals surface area contributed by atoms with E-state index in [1.54, 1.807) is 0 Å². The van der Waals surface area contributed by atoms with Crippen molar-refractivity contribution in [2.45, 2.75) is 13.0 Å². The van der Waals surface area contributed by atoms with Crippen LogP contribution in [0.3, 0.4) is 0 Å². The SMILES string of the molecule is Cc1ccc(NC(CN)c2ccc(Cl)c(Br)c2)cc1Cl. The first-order valence-electron chi connectivity index (χ1n) is 6.19. The molecule has 0 aliphatic carbocycles. The third kappa shape index (κ3) is 3.67. The van der Waals surface area contributed by atoms with Crippen molar-refractivity contribution in [3.63, 3.8) is 0 Å². The lowest BCUT2D eigenvalue weighted by Crippen LogP contribution is -2.20. The van der Waals surface area contributed by atoms with Crippen LogP contribution in [0.5, 0.6) is 0 Å². The molecule has 2 aromatic rings. The van der Waals surface area contributed by atoms with E-state index in [1.165, 1.54) is 0 Å². The molecule has 0 radical (unpaired) electrons. The third-order valence-corrected chi connectivity index (χ3v) is 4.72. The number of nitrogens with two attached hydrogens (primary N) is 1. The van der Waals surface area contributed by atoms with E-state index in [0.717, 1.165) is 26.3 Å². The normalized spacial score (nSPS) is 12.2. The van der Waals surface area contributed by atoms with Crippen LogP contribution < -0.4 is 11.1 Å². The summed E-state index contributed by atoms with van der Waals surface area (Å²) in [5, 5.41) is 4.81. The highest BCUT2D eigenvalue weighted by Crippen LogP contribution is 2.28. The summed E-state index contributed by atoms with van der Waals surface area (Å²) in [6.45, 7) is 2.45. The molecule has 0 aliphatic rings. The Morgan fingerprint density at radius 1 is 1.15 bits per heavy atom. The topological polar surface area (TPSA) is 38.0 Å². The quantitative estimate of drug-likeness (QED) is 0.775. The predicted octanol–water partition coefficient (Wildman–Crippen LogP) is 5.18. The van der Waals surface area contributed by atoms with Crippen molar-refractivity contribution in [3.8, 4) is 0 Å². The zero-order valence-electron chi connectivity index (χ0n) is 11.0. The first-order valence-corrected chi connectivity index (χ1v) is 7.74. The first-order chi connectivity index (χ1) is 9.51. The second-order valence-electron chi connectivity index (χ2n) is 4.57. The van der Waals surface area contributed by atoms with Gasteiger partial charge in [0.05, 0.1) is 11.1 Å². The van der Waals surface area contributed by atoms with Gasteiger partial charge in [-0.05, 0) is 58.2 Å². The molecule has 0 saturated carbocycles. The largest absolute Gasteiger partial charge is 0.377 e. The first kappa shape index (κ1) is 15.6. The predicted molar refractivity (Wildman–Crippen MR) is 90.8 cm³/mol. The van der Waals surface area contributed by atoms with E-state index in [1.807, 2.05) is 43.3 Å². The number of halogens is 3. The summed E-state index contributed by atoms with van der Waals surface area (Å²) in [5.74, 6) is 0. The summed E-state index contributed by atoms with van der Waals surface area (Å²) in [7, 11) is 0. The average molecular weight is 374 g/mol. The van der Waals surface area contributed by atoms with Crippen molar-refractivity contribution in [3.05, 3.63) is 62.0 Å². The summed E-state index contributed by atoms with van der Waals surface area (Å²) in [6.07, 6.45) is 0. The zero-order chi connectivity index (χ0) is 14.7. The summed E-state index contributed by atoms with van der Waals surface area (Å²) in [4.78, 5) is 0. The van der Waals surface area contributed by atoms with Gasteiger partial charge in [0.1, 0.15) is 0 Å². The molecule has 3 N–H and O–H groups in total. The number of aryl methyl sites for hydroxylation is 1. The van der Waals surface area contributed by atoms with Gasteiger partial charge >= 0.3 is 0 Å². The highest BCUT2D eigenvalue weighted by molar-refractivity contribution is 9.10. The highest BCUT2D eigenvalue weighted by atomic mass is 79.9. The van der Waals surface area contributed by atoms with Gasteiger partial charge < -0.3 is 11.1 Å². The molecule has 0 aliphatic heterocycles. The maximum absolute atomic E-state index is 6.14. The van der Waals surface area contributed by atoms with Crippen molar-refractivity contribution in [1.29, 1.82) is 0 Å². The molecule has 2 nitrogen and oxygen atoms in total. The van der Waals surface area contributed by atoms with E-state index in [9.17, 15) is 0 Å². The van der Waals surface area contributed by atoms with Crippen molar-refractivity contribution < 1.29 is 0 Å². The standard InChI is InChI=1S/C15H15BrCl2N2/c1-9-2-4-11(7-14(9)18)20-15(8-19)10-3-5-13(17)12(16)6-10/h2-7,15,20H,8,19H2,1H3. The number of hydrogen-bond donors (Lipinski definition) is 2. The fourth-order valence-electron chi connectivity index (χ4n) is 1.89. The van der Waals surface area contributed by atoms with Gasteiger partial charge in [0.2, 0.25) is 0 Å².